The fourth-order valence-corrected chi connectivity index (χ4v) is 2.19. The van der Waals surface area contributed by atoms with Crippen molar-refractivity contribution in [2.24, 2.45) is 5.92 Å². The molecular formula is C15H24BrNO. The molecule has 0 aliphatic carbocycles. The Morgan fingerprint density at radius 2 is 2.00 bits per heavy atom. The van der Waals surface area contributed by atoms with Crippen LogP contribution in [-0.4, -0.2) is 13.2 Å². The fourth-order valence-electron chi connectivity index (χ4n) is 1.81. The molecule has 0 saturated carbocycles. The third kappa shape index (κ3) is 4.99. The van der Waals surface area contributed by atoms with Crippen molar-refractivity contribution in [2.45, 2.75) is 40.2 Å². The van der Waals surface area contributed by atoms with Gasteiger partial charge in [-0.05, 0) is 44.0 Å². The maximum atomic E-state index is 5.91. The van der Waals surface area contributed by atoms with Gasteiger partial charge in [0, 0.05) is 16.1 Å². The second-order valence-corrected chi connectivity index (χ2v) is 5.91. The highest BCUT2D eigenvalue weighted by atomic mass is 79.9. The average Bonchev–Trinajstić information content (AvgIpc) is 2.31. The molecule has 0 heterocycles. The summed E-state index contributed by atoms with van der Waals surface area (Å²) in [6.45, 7) is 10.5. The molecule has 3 heteroatoms. The maximum absolute atomic E-state index is 5.91. The summed E-state index contributed by atoms with van der Waals surface area (Å²) in [6, 6.07) is 6.53. The minimum absolute atomic E-state index is 0.307. The lowest BCUT2D eigenvalue weighted by atomic mass is 10.1. The number of rotatable bonds is 7. The van der Waals surface area contributed by atoms with Gasteiger partial charge in [0.15, 0.2) is 0 Å². The Hall–Kier alpha value is -0.540. The summed E-state index contributed by atoms with van der Waals surface area (Å²) in [5, 5.41) is 3.43. The van der Waals surface area contributed by atoms with E-state index >= 15 is 0 Å². The quantitative estimate of drug-likeness (QED) is 0.797. The molecule has 2 nitrogen and oxygen atoms in total. The van der Waals surface area contributed by atoms with Crippen LogP contribution in [0.1, 0.15) is 45.7 Å². The molecular weight excluding hydrogens is 290 g/mol. The topological polar surface area (TPSA) is 21.3 Å². The average molecular weight is 314 g/mol. The summed E-state index contributed by atoms with van der Waals surface area (Å²) in [4.78, 5) is 0. The predicted octanol–water partition coefficient (Wildman–Crippen LogP) is 4.54. The van der Waals surface area contributed by atoms with Gasteiger partial charge in [-0.1, -0.05) is 36.7 Å². The molecule has 0 bridgehead atoms. The van der Waals surface area contributed by atoms with Crippen LogP contribution in [0.2, 0.25) is 0 Å². The van der Waals surface area contributed by atoms with Crippen molar-refractivity contribution in [3.8, 4) is 5.75 Å². The molecule has 0 spiro atoms. The molecule has 0 aliphatic rings. The predicted molar refractivity (Wildman–Crippen MR) is 81.2 cm³/mol. The summed E-state index contributed by atoms with van der Waals surface area (Å²) in [7, 11) is 0. The second-order valence-electron chi connectivity index (χ2n) is 4.99. The molecule has 1 aromatic rings. The van der Waals surface area contributed by atoms with Crippen LogP contribution in [0.15, 0.2) is 22.7 Å². The van der Waals surface area contributed by atoms with Crippen LogP contribution in [0.3, 0.4) is 0 Å². The zero-order valence-corrected chi connectivity index (χ0v) is 13.4. The second kappa shape index (κ2) is 7.80. The molecule has 0 amide bonds. The number of hydrogen-bond donors (Lipinski definition) is 1. The summed E-state index contributed by atoms with van der Waals surface area (Å²) < 4.78 is 7.01. The van der Waals surface area contributed by atoms with Gasteiger partial charge in [0.2, 0.25) is 0 Å². The molecule has 1 atom stereocenters. The van der Waals surface area contributed by atoms with Crippen LogP contribution < -0.4 is 10.1 Å². The van der Waals surface area contributed by atoms with Gasteiger partial charge in [0.25, 0.3) is 0 Å². The number of ether oxygens (including phenoxy) is 1. The van der Waals surface area contributed by atoms with Crippen LogP contribution in [-0.2, 0) is 0 Å². The van der Waals surface area contributed by atoms with Gasteiger partial charge in [-0.15, -0.1) is 0 Å². The Morgan fingerprint density at radius 3 is 2.61 bits per heavy atom. The maximum Gasteiger partial charge on any atom is 0.124 e. The van der Waals surface area contributed by atoms with Crippen molar-refractivity contribution in [1.29, 1.82) is 0 Å². The third-order valence-electron chi connectivity index (χ3n) is 2.90. The minimum Gasteiger partial charge on any atom is -0.493 e. The fraction of sp³-hybridized carbons (Fsp3) is 0.600. The van der Waals surface area contributed by atoms with E-state index in [-0.39, 0.29) is 0 Å². The largest absolute Gasteiger partial charge is 0.493 e. The molecule has 0 saturated heterocycles. The highest BCUT2D eigenvalue weighted by molar-refractivity contribution is 9.10. The lowest BCUT2D eigenvalue weighted by Gasteiger charge is -2.18. The Morgan fingerprint density at radius 1 is 1.28 bits per heavy atom. The van der Waals surface area contributed by atoms with E-state index < -0.39 is 0 Å². The van der Waals surface area contributed by atoms with Gasteiger partial charge in [0.1, 0.15) is 5.75 Å². The van der Waals surface area contributed by atoms with E-state index in [1.165, 1.54) is 5.56 Å². The van der Waals surface area contributed by atoms with Gasteiger partial charge in [0.05, 0.1) is 6.61 Å². The van der Waals surface area contributed by atoms with Gasteiger partial charge in [-0.3, -0.25) is 0 Å². The Labute approximate surface area is 119 Å². The molecule has 0 aliphatic heterocycles. The van der Waals surface area contributed by atoms with Crippen LogP contribution in [0.4, 0.5) is 0 Å². The number of nitrogens with one attached hydrogen (secondary N) is 1. The summed E-state index contributed by atoms with van der Waals surface area (Å²) in [6.07, 6.45) is 1.09. The van der Waals surface area contributed by atoms with E-state index in [9.17, 15) is 0 Å². The minimum atomic E-state index is 0.307. The third-order valence-corrected chi connectivity index (χ3v) is 3.39. The van der Waals surface area contributed by atoms with Crippen LogP contribution >= 0.6 is 15.9 Å². The van der Waals surface area contributed by atoms with Crippen molar-refractivity contribution >= 4 is 15.9 Å². The lowest BCUT2D eigenvalue weighted by Crippen LogP contribution is -2.18. The van der Waals surface area contributed by atoms with Crippen molar-refractivity contribution in [1.82, 2.24) is 5.32 Å². The molecule has 0 fully saturated rings. The molecule has 1 aromatic carbocycles. The zero-order chi connectivity index (χ0) is 13.5. The first-order valence-corrected chi connectivity index (χ1v) is 7.49. The Bertz CT molecular complexity index is 366. The van der Waals surface area contributed by atoms with E-state index in [4.69, 9.17) is 4.74 Å². The first-order valence-electron chi connectivity index (χ1n) is 6.70. The van der Waals surface area contributed by atoms with Crippen LogP contribution in [0, 0.1) is 5.92 Å². The molecule has 1 rings (SSSR count). The molecule has 1 N–H and O–H groups in total. The van der Waals surface area contributed by atoms with Crippen LogP contribution in [0.5, 0.6) is 5.75 Å². The van der Waals surface area contributed by atoms with Crippen molar-refractivity contribution in [2.75, 3.05) is 13.2 Å². The number of benzene rings is 1. The first kappa shape index (κ1) is 15.5. The molecule has 1 unspecified atom stereocenters. The standard InChI is InChI=1S/C15H24BrNO/c1-5-17-12(4)14-10-13(16)6-7-15(14)18-9-8-11(2)3/h6-7,10-12,17H,5,8-9H2,1-4H3. The van der Waals surface area contributed by atoms with Crippen molar-refractivity contribution < 1.29 is 4.74 Å². The van der Waals surface area contributed by atoms with Gasteiger partial charge in [-0.25, -0.2) is 0 Å². The van der Waals surface area contributed by atoms with Crippen LogP contribution in [0.25, 0.3) is 0 Å². The van der Waals surface area contributed by atoms with Crippen molar-refractivity contribution in [3.63, 3.8) is 0 Å². The highest BCUT2D eigenvalue weighted by Gasteiger charge is 2.11. The summed E-state index contributed by atoms with van der Waals surface area (Å²) in [5.74, 6) is 1.67. The highest BCUT2D eigenvalue weighted by Crippen LogP contribution is 2.28. The van der Waals surface area contributed by atoms with E-state index in [2.05, 4.69) is 55.0 Å². The molecule has 0 aromatic heterocycles. The first-order chi connectivity index (χ1) is 8.54. The smallest absolute Gasteiger partial charge is 0.124 e. The normalized spacial score (nSPS) is 12.8. The lowest BCUT2D eigenvalue weighted by molar-refractivity contribution is 0.284. The summed E-state index contributed by atoms with van der Waals surface area (Å²) in [5.41, 5.74) is 1.22. The Balaban J connectivity index is 2.76. The van der Waals surface area contributed by atoms with Gasteiger partial charge >= 0.3 is 0 Å². The summed E-state index contributed by atoms with van der Waals surface area (Å²) >= 11 is 3.52. The van der Waals surface area contributed by atoms with Gasteiger partial charge < -0.3 is 10.1 Å². The number of hydrogen-bond acceptors (Lipinski definition) is 2. The number of halogens is 1. The van der Waals surface area contributed by atoms with E-state index in [1.807, 2.05) is 12.1 Å². The SMILES string of the molecule is CCNC(C)c1cc(Br)ccc1OCCC(C)C. The van der Waals surface area contributed by atoms with E-state index in [1.54, 1.807) is 0 Å². The van der Waals surface area contributed by atoms with E-state index in [0.717, 1.165) is 29.8 Å². The monoisotopic (exact) mass is 313 g/mol. The van der Waals surface area contributed by atoms with E-state index in [0.29, 0.717) is 12.0 Å². The zero-order valence-electron chi connectivity index (χ0n) is 11.8. The molecule has 0 radical (unpaired) electrons. The molecule has 102 valence electrons. The molecule has 18 heavy (non-hydrogen) atoms. The van der Waals surface area contributed by atoms with Crippen molar-refractivity contribution in [3.05, 3.63) is 28.2 Å². The Kier molecular flexibility index (Phi) is 6.72. The van der Waals surface area contributed by atoms with Gasteiger partial charge in [-0.2, -0.15) is 0 Å².